The van der Waals surface area contributed by atoms with E-state index in [1.807, 2.05) is 37.3 Å². The monoisotopic (exact) mass is 353 g/mol. The zero-order valence-corrected chi connectivity index (χ0v) is 13.7. The molecule has 0 fully saturated rings. The van der Waals surface area contributed by atoms with Crippen LogP contribution in [0, 0.1) is 0 Å². The van der Waals surface area contributed by atoms with E-state index in [1.54, 1.807) is 0 Å². The summed E-state index contributed by atoms with van der Waals surface area (Å²) in [6, 6.07) is 14.0. The molecule has 0 spiro atoms. The van der Waals surface area contributed by atoms with Crippen LogP contribution in [0.15, 0.2) is 46.9 Å². The van der Waals surface area contributed by atoms with Gasteiger partial charge in [0.25, 0.3) is 0 Å². The highest BCUT2D eigenvalue weighted by Crippen LogP contribution is 2.26. The number of nitrogens with one attached hydrogen (secondary N) is 1. The Morgan fingerprint density at radius 2 is 1.95 bits per heavy atom. The second-order valence-electron chi connectivity index (χ2n) is 4.39. The maximum atomic E-state index is 6.12. The highest BCUT2D eigenvalue weighted by molar-refractivity contribution is 9.10. The van der Waals surface area contributed by atoms with E-state index in [4.69, 9.17) is 16.3 Å². The van der Waals surface area contributed by atoms with Crippen LogP contribution in [-0.4, -0.2) is 6.61 Å². The summed E-state index contributed by atoms with van der Waals surface area (Å²) in [7, 11) is 0. The predicted molar refractivity (Wildman–Crippen MR) is 87.3 cm³/mol. The van der Waals surface area contributed by atoms with Crippen LogP contribution < -0.4 is 10.1 Å². The molecule has 4 heteroatoms. The minimum Gasteiger partial charge on any atom is -0.493 e. The van der Waals surface area contributed by atoms with Crippen molar-refractivity contribution in [1.29, 1.82) is 0 Å². The van der Waals surface area contributed by atoms with E-state index in [0.717, 1.165) is 33.9 Å². The molecule has 2 aromatic carbocycles. The van der Waals surface area contributed by atoms with Crippen LogP contribution in [0.5, 0.6) is 5.75 Å². The SMILES string of the molecule is CCOc1ccc(CNCc2ccccc2Cl)cc1Br. The van der Waals surface area contributed by atoms with Gasteiger partial charge in [-0.2, -0.15) is 0 Å². The first-order valence-electron chi connectivity index (χ1n) is 6.56. The van der Waals surface area contributed by atoms with E-state index >= 15 is 0 Å². The molecule has 0 bridgehead atoms. The lowest BCUT2D eigenvalue weighted by Gasteiger charge is -2.09. The molecule has 0 aromatic heterocycles. The minimum atomic E-state index is 0.669. The average molecular weight is 355 g/mol. The maximum Gasteiger partial charge on any atom is 0.133 e. The Bertz CT molecular complexity index is 574. The first kappa shape index (κ1) is 15.4. The molecule has 0 amide bonds. The third kappa shape index (κ3) is 4.23. The van der Waals surface area contributed by atoms with Gasteiger partial charge in [0.1, 0.15) is 5.75 Å². The van der Waals surface area contributed by atoms with Gasteiger partial charge >= 0.3 is 0 Å². The first-order valence-corrected chi connectivity index (χ1v) is 7.73. The van der Waals surface area contributed by atoms with E-state index in [1.165, 1.54) is 5.56 Å². The fourth-order valence-electron chi connectivity index (χ4n) is 1.91. The van der Waals surface area contributed by atoms with Crippen LogP contribution in [0.25, 0.3) is 0 Å². The van der Waals surface area contributed by atoms with Gasteiger partial charge in [-0.3, -0.25) is 0 Å². The molecule has 0 aliphatic carbocycles. The Kier molecular flexibility index (Phi) is 5.89. The van der Waals surface area contributed by atoms with Gasteiger partial charge in [-0.05, 0) is 52.2 Å². The molecule has 2 nitrogen and oxygen atoms in total. The van der Waals surface area contributed by atoms with Crippen molar-refractivity contribution in [2.75, 3.05) is 6.61 Å². The molecule has 0 aliphatic heterocycles. The lowest BCUT2D eigenvalue weighted by molar-refractivity contribution is 0.338. The molecule has 1 N–H and O–H groups in total. The number of hydrogen-bond acceptors (Lipinski definition) is 2. The summed E-state index contributed by atoms with van der Waals surface area (Å²) >= 11 is 9.65. The molecule has 0 unspecified atom stereocenters. The standard InChI is InChI=1S/C16H17BrClNO/c1-2-20-16-8-7-12(9-14(16)17)10-19-11-13-5-3-4-6-15(13)18/h3-9,19H,2,10-11H2,1H3. The smallest absolute Gasteiger partial charge is 0.133 e. The van der Waals surface area contributed by atoms with Gasteiger partial charge in [-0.1, -0.05) is 35.9 Å². The predicted octanol–water partition coefficient (Wildman–Crippen LogP) is 4.79. The molecule has 0 heterocycles. The largest absolute Gasteiger partial charge is 0.493 e. The van der Waals surface area contributed by atoms with Crippen molar-refractivity contribution in [1.82, 2.24) is 5.32 Å². The summed E-state index contributed by atoms with van der Waals surface area (Å²) in [5.74, 6) is 0.877. The van der Waals surface area contributed by atoms with Crippen LogP contribution in [0.3, 0.4) is 0 Å². The zero-order chi connectivity index (χ0) is 14.4. The van der Waals surface area contributed by atoms with Gasteiger partial charge in [0.15, 0.2) is 0 Å². The van der Waals surface area contributed by atoms with Crippen LogP contribution in [0.2, 0.25) is 5.02 Å². The van der Waals surface area contributed by atoms with Gasteiger partial charge in [0.2, 0.25) is 0 Å². The highest BCUT2D eigenvalue weighted by Gasteiger charge is 2.03. The van der Waals surface area contributed by atoms with Gasteiger partial charge in [-0.25, -0.2) is 0 Å². The topological polar surface area (TPSA) is 21.3 Å². The fourth-order valence-corrected chi connectivity index (χ4v) is 2.65. The van der Waals surface area contributed by atoms with Crippen LogP contribution in [0.4, 0.5) is 0 Å². The molecule has 106 valence electrons. The lowest BCUT2D eigenvalue weighted by Crippen LogP contribution is -2.13. The summed E-state index contributed by atoms with van der Waals surface area (Å²) < 4.78 is 6.48. The Morgan fingerprint density at radius 3 is 2.65 bits per heavy atom. The summed E-state index contributed by atoms with van der Waals surface area (Å²) in [4.78, 5) is 0. The number of hydrogen-bond donors (Lipinski definition) is 1. The minimum absolute atomic E-state index is 0.669. The van der Waals surface area contributed by atoms with Gasteiger partial charge in [0, 0.05) is 18.1 Å². The molecule has 0 aliphatic rings. The fraction of sp³-hybridized carbons (Fsp3) is 0.250. The van der Waals surface area contributed by atoms with Crippen molar-refractivity contribution in [2.24, 2.45) is 0 Å². The molecule has 2 aromatic rings. The third-order valence-electron chi connectivity index (χ3n) is 2.90. The molecule has 20 heavy (non-hydrogen) atoms. The summed E-state index contributed by atoms with van der Waals surface area (Å²) in [6.45, 7) is 4.19. The molecule has 0 atom stereocenters. The van der Waals surface area contributed by atoms with Crippen molar-refractivity contribution in [3.05, 3.63) is 63.1 Å². The van der Waals surface area contributed by atoms with Gasteiger partial charge < -0.3 is 10.1 Å². The van der Waals surface area contributed by atoms with Crippen molar-refractivity contribution in [3.8, 4) is 5.75 Å². The number of halogens is 2. The molecule has 0 saturated heterocycles. The Balaban J connectivity index is 1.91. The highest BCUT2D eigenvalue weighted by atomic mass is 79.9. The Morgan fingerprint density at radius 1 is 1.15 bits per heavy atom. The van der Waals surface area contributed by atoms with Crippen molar-refractivity contribution in [2.45, 2.75) is 20.0 Å². The van der Waals surface area contributed by atoms with Crippen LogP contribution >= 0.6 is 27.5 Å². The number of benzene rings is 2. The summed E-state index contributed by atoms with van der Waals surface area (Å²) in [5.41, 5.74) is 2.31. The Labute approximate surface area is 133 Å². The zero-order valence-electron chi connectivity index (χ0n) is 11.3. The second kappa shape index (κ2) is 7.67. The second-order valence-corrected chi connectivity index (χ2v) is 5.65. The van der Waals surface area contributed by atoms with Crippen molar-refractivity contribution < 1.29 is 4.74 Å². The normalized spacial score (nSPS) is 10.6. The molecular weight excluding hydrogens is 338 g/mol. The van der Waals surface area contributed by atoms with Gasteiger partial charge in [0.05, 0.1) is 11.1 Å². The maximum absolute atomic E-state index is 6.12. The average Bonchev–Trinajstić information content (AvgIpc) is 2.44. The molecule has 2 rings (SSSR count). The molecular formula is C16H17BrClNO. The van der Waals surface area contributed by atoms with Crippen LogP contribution in [-0.2, 0) is 13.1 Å². The Hall–Kier alpha value is -1.03. The summed E-state index contributed by atoms with van der Waals surface area (Å²) in [5, 5.41) is 4.19. The summed E-state index contributed by atoms with van der Waals surface area (Å²) in [6.07, 6.45) is 0. The lowest BCUT2D eigenvalue weighted by atomic mass is 10.2. The van der Waals surface area contributed by atoms with E-state index in [0.29, 0.717) is 6.61 Å². The van der Waals surface area contributed by atoms with Crippen LogP contribution in [0.1, 0.15) is 18.1 Å². The van der Waals surface area contributed by atoms with E-state index in [-0.39, 0.29) is 0 Å². The van der Waals surface area contributed by atoms with Crippen molar-refractivity contribution in [3.63, 3.8) is 0 Å². The molecule has 0 saturated carbocycles. The van der Waals surface area contributed by atoms with Gasteiger partial charge in [-0.15, -0.1) is 0 Å². The number of ether oxygens (including phenoxy) is 1. The van der Waals surface area contributed by atoms with Crippen molar-refractivity contribution >= 4 is 27.5 Å². The first-order chi connectivity index (χ1) is 9.70. The van der Waals surface area contributed by atoms with E-state index in [9.17, 15) is 0 Å². The quantitative estimate of drug-likeness (QED) is 0.805. The third-order valence-corrected chi connectivity index (χ3v) is 3.89. The van der Waals surface area contributed by atoms with E-state index in [2.05, 4.69) is 33.4 Å². The van der Waals surface area contributed by atoms with E-state index < -0.39 is 0 Å². The number of rotatable bonds is 6. The molecule has 0 radical (unpaired) electrons.